The third-order valence-corrected chi connectivity index (χ3v) is 3.91. The van der Waals surface area contributed by atoms with Gasteiger partial charge in [0, 0.05) is 12.5 Å². The molecule has 1 aliphatic heterocycles. The van der Waals surface area contributed by atoms with Crippen LogP contribution in [0.25, 0.3) is 0 Å². The van der Waals surface area contributed by atoms with E-state index in [1.807, 2.05) is 6.08 Å². The van der Waals surface area contributed by atoms with Gasteiger partial charge in [-0.05, 0) is 25.7 Å². The average Bonchev–Trinajstić information content (AvgIpc) is 2.91. The van der Waals surface area contributed by atoms with Crippen LogP contribution in [0.4, 0.5) is 0 Å². The lowest BCUT2D eigenvalue weighted by molar-refractivity contribution is -0.148. The smallest absolute Gasteiger partial charge is 0.312 e. The molecule has 1 saturated heterocycles. The van der Waals surface area contributed by atoms with Gasteiger partial charge in [-0.25, -0.2) is 0 Å². The van der Waals surface area contributed by atoms with Crippen molar-refractivity contribution >= 4 is 5.97 Å². The normalized spacial score (nSPS) is 27.0. The summed E-state index contributed by atoms with van der Waals surface area (Å²) in [6.07, 6.45) is 10.7. The minimum absolute atomic E-state index is 0.0569. The fourth-order valence-electron chi connectivity index (χ4n) is 2.63. The maximum absolute atomic E-state index is 11.9. The number of carbonyl (C=O) groups excluding carboxylic acids is 1. The summed E-state index contributed by atoms with van der Waals surface area (Å²) in [5.41, 5.74) is 0. The van der Waals surface area contributed by atoms with E-state index in [0.717, 1.165) is 38.9 Å². The van der Waals surface area contributed by atoms with Gasteiger partial charge in [0.05, 0.1) is 25.7 Å². The van der Waals surface area contributed by atoms with E-state index >= 15 is 0 Å². The third kappa shape index (κ3) is 5.63. The van der Waals surface area contributed by atoms with E-state index in [-0.39, 0.29) is 11.9 Å². The Morgan fingerprint density at radius 2 is 2.15 bits per heavy atom. The molecule has 114 valence electrons. The Morgan fingerprint density at radius 1 is 1.20 bits per heavy atom. The molecule has 0 amide bonds. The van der Waals surface area contributed by atoms with Gasteiger partial charge in [-0.1, -0.05) is 25.0 Å². The first kappa shape index (κ1) is 15.5. The van der Waals surface area contributed by atoms with Gasteiger partial charge in [0.1, 0.15) is 6.61 Å². The average molecular weight is 282 g/mol. The molecule has 2 rings (SSSR count). The number of carbonyl (C=O) groups is 1. The fraction of sp³-hybridized carbons (Fsp3) is 0.812. The maximum atomic E-state index is 11.9. The van der Waals surface area contributed by atoms with Crippen LogP contribution < -0.4 is 0 Å². The van der Waals surface area contributed by atoms with Crippen LogP contribution >= 0.6 is 0 Å². The Kier molecular flexibility index (Phi) is 7.09. The summed E-state index contributed by atoms with van der Waals surface area (Å²) < 4.78 is 16.1. The number of esters is 1. The van der Waals surface area contributed by atoms with E-state index < -0.39 is 0 Å². The van der Waals surface area contributed by atoms with Crippen molar-refractivity contribution in [3.05, 3.63) is 12.2 Å². The zero-order valence-corrected chi connectivity index (χ0v) is 12.2. The molecule has 0 aromatic heterocycles. The molecule has 20 heavy (non-hydrogen) atoms. The monoisotopic (exact) mass is 282 g/mol. The summed E-state index contributed by atoms with van der Waals surface area (Å²) in [6.45, 7) is 3.19. The van der Waals surface area contributed by atoms with Crippen LogP contribution in [-0.4, -0.2) is 39.0 Å². The van der Waals surface area contributed by atoms with Gasteiger partial charge in [0.2, 0.25) is 0 Å². The zero-order valence-electron chi connectivity index (χ0n) is 12.2. The molecule has 1 heterocycles. The van der Waals surface area contributed by atoms with Gasteiger partial charge in [0.15, 0.2) is 0 Å². The predicted molar refractivity (Wildman–Crippen MR) is 76.4 cm³/mol. The van der Waals surface area contributed by atoms with Crippen molar-refractivity contribution in [2.24, 2.45) is 11.8 Å². The maximum Gasteiger partial charge on any atom is 0.312 e. The van der Waals surface area contributed by atoms with Crippen molar-refractivity contribution < 1.29 is 19.0 Å². The summed E-state index contributed by atoms with van der Waals surface area (Å²) >= 11 is 0. The van der Waals surface area contributed by atoms with Gasteiger partial charge in [-0.3, -0.25) is 4.79 Å². The van der Waals surface area contributed by atoms with Gasteiger partial charge >= 0.3 is 5.97 Å². The predicted octanol–water partition coefficient (Wildman–Crippen LogP) is 2.72. The number of hydrogen-bond donors (Lipinski definition) is 0. The fourth-order valence-corrected chi connectivity index (χ4v) is 2.63. The Hall–Kier alpha value is -0.870. The molecule has 2 unspecified atom stereocenters. The van der Waals surface area contributed by atoms with Gasteiger partial charge in [-0.2, -0.15) is 0 Å². The SMILES string of the molecule is O=C(OCCOCC1CCOC1)C1C=CCCCCC1. The Balaban J connectivity index is 1.55. The van der Waals surface area contributed by atoms with Gasteiger partial charge in [-0.15, -0.1) is 0 Å². The van der Waals surface area contributed by atoms with E-state index in [4.69, 9.17) is 14.2 Å². The summed E-state index contributed by atoms with van der Waals surface area (Å²) in [7, 11) is 0. The standard InChI is InChI=1S/C16H26O4/c17-16(15-6-4-2-1-3-5-7-15)20-11-10-19-13-14-8-9-18-12-14/h4,6,14-15H,1-3,5,7-13H2. The number of allylic oxidation sites excluding steroid dienone is 1. The largest absolute Gasteiger partial charge is 0.463 e. The Morgan fingerprint density at radius 3 is 3.00 bits per heavy atom. The quantitative estimate of drug-likeness (QED) is 0.427. The molecule has 2 atom stereocenters. The lowest BCUT2D eigenvalue weighted by atomic mass is 9.97. The highest BCUT2D eigenvalue weighted by Gasteiger charge is 2.18. The Bertz CT molecular complexity index is 308. The van der Waals surface area contributed by atoms with E-state index in [2.05, 4.69) is 6.08 Å². The molecule has 1 fully saturated rings. The first-order chi connectivity index (χ1) is 9.86. The van der Waals surface area contributed by atoms with E-state index in [9.17, 15) is 4.79 Å². The van der Waals surface area contributed by atoms with E-state index in [1.165, 1.54) is 12.8 Å². The molecule has 0 N–H and O–H groups in total. The van der Waals surface area contributed by atoms with Crippen molar-refractivity contribution in [3.8, 4) is 0 Å². The molecule has 0 saturated carbocycles. The molecule has 2 aliphatic rings. The first-order valence-corrected chi connectivity index (χ1v) is 7.85. The summed E-state index contributed by atoms with van der Waals surface area (Å²) in [4.78, 5) is 11.9. The highest BCUT2D eigenvalue weighted by molar-refractivity contribution is 5.74. The lowest BCUT2D eigenvalue weighted by Crippen LogP contribution is -2.20. The van der Waals surface area contributed by atoms with E-state index in [1.54, 1.807) is 0 Å². The van der Waals surface area contributed by atoms with Gasteiger partial charge in [0.25, 0.3) is 0 Å². The zero-order chi connectivity index (χ0) is 14.0. The highest BCUT2D eigenvalue weighted by Crippen LogP contribution is 2.18. The first-order valence-electron chi connectivity index (χ1n) is 7.85. The number of ether oxygens (including phenoxy) is 3. The highest BCUT2D eigenvalue weighted by atomic mass is 16.6. The second-order valence-electron chi connectivity index (χ2n) is 5.64. The molecule has 0 bridgehead atoms. The van der Waals surface area contributed by atoms with Crippen LogP contribution in [0.3, 0.4) is 0 Å². The molecule has 0 aromatic carbocycles. The van der Waals surface area contributed by atoms with Crippen molar-refractivity contribution in [3.63, 3.8) is 0 Å². The van der Waals surface area contributed by atoms with E-state index in [0.29, 0.717) is 25.7 Å². The topological polar surface area (TPSA) is 44.8 Å². The van der Waals surface area contributed by atoms with Crippen LogP contribution in [0.1, 0.15) is 38.5 Å². The molecule has 0 aromatic rings. The summed E-state index contributed by atoms with van der Waals surface area (Å²) in [5, 5.41) is 0. The molecular weight excluding hydrogens is 256 g/mol. The minimum Gasteiger partial charge on any atom is -0.463 e. The molecule has 4 heteroatoms. The van der Waals surface area contributed by atoms with Crippen LogP contribution in [0.15, 0.2) is 12.2 Å². The second kappa shape index (κ2) is 9.14. The minimum atomic E-state index is -0.101. The second-order valence-corrected chi connectivity index (χ2v) is 5.64. The van der Waals surface area contributed by atoms with Gasteiger partial charge < -0.3 is 14.2 Å². The Labute approximate surface area is 121 Å². The van der Waals surface area contributed by atoms with Crippen LogP contribution in [0, 0.1) is 11.8 Å². The molecule has 0 radical (unpaired) electrons. The van der Waals surface area contributed by atoms with Crippen LogP contribution in [0.5, 0.6) is 0 Å². The summed E-state index contributed by atoms with van der Waals surface area (Å²) in [5.74, 6) is 0.355. The molecule has 4 nitrogen and oxygen atoms in total. The van der Waals surface area contributed by atoms with Crippen molar-refractivity contribution in [1.29, 1.82) is 0 Å². The lowest BCUT2D eigenvalue weighted by Gasteiger charge is -2.15. The molecular formula is C16H26O4. The number of rotatable bonds is 6. The van der Waals surface area contributed by atoms with Crippen molar-refractivity contribution in [2.75, 3.05) is 33.0 Å². The molecule has 1 aliphatic carbocycles. The van der Waals surface area contributed by atoms with Crippen LogP contribution in [0.2, 0.25) is 0 Å². The van der Waals surface area contributed by atoms with Crippen molar-refractivity contribution in [2.45, 2.75) is 38.5 Å². The molecule has 0 spiro atoms. The van der Waals surface area contributed by atoms with Crippen molar-refractivity contribution in [1.82, 2.24) is 0 Å². The van der Waals surface area contributed by atoms with Crippen LogP contribution in [-0.2, 0) is 19.0 Å². The third-order valence-electron chi connectivity index (χ3n) is 3.91. The summed E-state index contributed by atoms with van der Waals surface area (Å²) in [6, 6.07) is 0. The number of hydrogen-bond acceptors (Lipinski definition) is 4.